The van der Waals surface area contributed by atoms with E-state index in [1.807, 2.05) is 0 Å². The van der Waals surface area contributed by atoms with Crippen LogP contribution in [0.2, 0.25) is 0 Å². The van der Waals surface area contributed by atoms with Crippen molar-refractivity contribution in [1.29, 1.82) is 0 Å². The molecule has 6 heteroatoms. The summed E-state index contributed by atoms with van der Waals surface area (Å²) in [7, 11) is 0. The van der Waals surface area contributed by atoms with Gasteiger partial charge in [0.05, 0.1) is 17.5 Å². The maximum atomic E-state index is 11.7. The number of amides is 2. The molecule has 0 saturated heterocycles. The highest BCUT2D eigenvalue weighted by Crippen LogP contribution is 2.27. The SMILES string of the molecule is O=C(NCC1(O)CCCCC1)Nc1ccc(Br)nc1. The first-order chi connectivity index (χ1) is 9.07. The fraction of sp³-hybridized carbons (Fsp3) is 0.538. The lowest BCUT2D eigenvalue weighted by Gasteiger charge is -2.32. The first-order valence-electron chi connectivity index (χ1n) is 6.46. The van der Waals surface area contributed by atoms with Gasteiger partial charge in [-0.3, -0.25) is 0 Å². The Labute approximate surface area is 120 Å². The van der Waals surface area contributed by atoms with Crippen molar-refractivity contribution in [2.75, 3.05) is 11.9 Å². The molecule has 0 aliphatic heterocycles. The van der Waals surface area contributed by atoms with E-state index in [9.17, 15) is 9.90 Å². The number of nitrogens with one attached hydrogen (secondary N) is 2. The average molecular weight is 328 g/mol. The van der Waals surface area contributed by atoms with Crippen LogP contribution < -0.4 is 10.6 Å². The van der Waals surface area contributed by atoms with Gasteiger partial charge < -0.3 is 15.7 Å². The van der Waals surface area contributed by atoms with Gasteiger partial charge in [0.15, 0.2) is 0 Å². The van der Waals surface area contributed by atoms with E-state index in [4.69, 9.17) is 0 Å². The third-order valence-corrected chi connectivity index (χ3v) is 3.82. The molecule has 1 aromatic heterocycles. The topological polar surface area (TPSA) is 74.2 Å². The number of carbonyl (C=O) groups excluding carboxylic acids is 1. The minimum absolute atomic E-state index is 0.294. The van der Waals surface area contributed by atoms with Gasteiger partial charge in [-0.1, -0.05) is 19.3 Å². The fourth-order valence-electron chi connectivity index (χ4n) is 2.26. The number of anilines is 1. The highest BCUT2D eigenvalue weighted by Gasteiger charge is 2.29. The van der Waals surface area contributed by atoms with Crippen molar-refractivity contribution >= 4 is 27.6 Å². The maximum absolute atomic E-state index is 11.7. The van der Waals surface area contributed by atoms with Crippen molar-refractivity contribution in [3.8, 4) is 0 Å². The largest absolute Gasteiger partial charge is 0.388 e. The normalized spacial score (nSPS) is 17.8. The van der Waals surface area contributed by atoms with Crippen LogP contribution in [0.5, 0.6) is 0 Å². The second-order valence-electron chi connectivity index (χ2n) is 4.96. The van der Waals surface area contributed by atoms with E-state index in [2.05, 4.69) is 31.5 Å². The van der Waals surface area contributed by atoms with Crippen LogP contribution in [0.25, 0.3) is 0 Å². The molecule has 2 amide bonds. The van der Waals surface area contributed by atoms with Gasteiger partial charge in [0.2, 0.25) is 0 Å². The Morgan fingerprint density at radius 1 is 1.37 bits per heavy atom. The molecule has 0 unspecified atom stereocenters. The standard InChI is InChI=1S/C13H18BrN3O2/c14-11-5-4-10(8-15-11)17-12(18)16-9-13(19)6-2-1-3-7-13/h4-5,8,19H,1-3,6-7,9H2,(H2,16,17,18). The molecule has 1 aliphatic carbocycles. The smallest absolute Gasteiger partial charge is 0.319 e. The summed E-state index contributed by atoms with van der Waals surface area (Å²) in [6.45, 7) is 0.294. The van der Waals surface area contributed by atoms with Crippen molar-refractivity contribution in [3.05, 3.63) is 22.9 Å². The molecule has 0 atom stereocenters. The van der Waals surface area contributed by atoms with E-state index >= 15 is 0 Å². The van der Waals surface area contributed by atoms with Gasteiger partial charge in [0.25, 0.3) is 0 Å². The lowest BCUT2D eigenvalue weighted by Crippen LogP contribution is -2.45. The Balaban J connectivity index is 1.79. The van der Waals surface area contributed by atoms with Crippen LogP contribution in [0.3, 0.4) is 0 Å². The molecule has 5 nitrogen and oxygen atoms in total. The van der Waals surface area contributed by atoms with Gasteiger partial charge in [0.1, 0.15) is 4.60 Å². The third-order valence-electron chi connectivity index (χ3n) is 3.35. The molecule has 1 heterocycles. The van der Waals surface area contributed by atoms with Gasteiger partial charge in [-0.25, -0.2) is 9.78 Å². The highest BCUT2D eigenvalue weighted by molar-refractivity contribution is 9.10. The van der Waals surface area contributed by atoms with Gasteiger partial charge in [-0.05, 0) is 40.9 Å². The Bertz CT molecular complexity index is 430. The number of aromatic nitrogens is 1. The molecule has 0 aromatic carbocycles. The number of rotatable bonds is 3. The molecule has 1 fully saturated rings. The van der Waals surface area contributed by atoms with Crippen molar-refractivity contribution in [1.82, 2.24) is 10.3 Å². The molecule has 0 bridgehead atoms. The third kappa shape index (κ3) is 4.47. The van der Waals surface area contributed by atoms with Gasteiger partial charge in [-0.2, -0.15) is 0 Å². The number of nitrogens with zero attached hydrogens (tertiary/aromatic N) is 1. The Hall–Kier alpha value is -1.14. The molecule has 1 aromatic rings. The molecule has 1 saturated carbocycles. The Morgan fingerprint density at radius 2 is 2.11 bits per heavy atom. The number of urea groups is 1. The zero-order chi connectivity index (χ0) is 13.7. The van der Waals surface area contributed by atoms with Crippen LogP contribution >= 0.6 is 15.9 Å². The molecule has 0 spiro atoms. The van der Waals surface area contributed by atoms with Gasteiger partial charge in [0, 0.05) is 6.54 Å². The molecular formula is C13H18BrN3O2. The Kier molecular flexibility index (Phi) is 4.76. The first kappa shape index (κ1) is 14.3. The van der Waals surface area contributed by atoms with Crippen molar-refractivity contribution in [2.24, 2.45) is 0 Å². The zero-order valence-electron chi connectivity index (χ0n) is 10.7. The summed E-state index contributed by atoms with van der Waals surface area (Å²) < 4.78 is 0.718. The Morgan fingerprint density at radius 3 is 2.74 bits per heavy atom. The number of aliphatic hydroxyl groups is 1. The summed E-state index contributed by atoms with van der Waals surface area (Å²) in [6.07, 6.45) is 6.30. The van der Waals surface area contributed by atoms with Gasteiger partial charge in [-0.15, -0.1) is 0 Å². The molecule has 19 heavy (non-hydrogen) atoms. The van der Waals surface area contributed by atoms with Crippen molar-refractivity contribution in [2.45, 2.75) is 37.7 Å². The highest BCUT2D eigenvalue weighted by atomic mass is 79.9. The summed E-state index contributed by atoms with van der Waals surface area (Å²) in [5.41, 5.74) is -0.121. The van der Waals surface area contributed by atoms with Crippen molar-refractivity contribution < 1.29 is 9.90 Å². The fourth-order valence-corrected chi connectivity index (χ4v) is 2.49. The van der Waals surface area contributed by atoms with Crippen LogP contribution in [0.1, 0.15) is 32.1 Å². The monoisotopic (exact) mass is 327 g/mol. The van der Waals surface area contributed by atoms with Crippen LogP contribution in [0.15, 0.2) is 22.9 Å². The summed E-state index contributed by atoms with van der Waals surface area (Å²) in [6, 6.07) is 3.19. The zero-order valence-corrected chi connectivity index (χ0v) is 12.2. The molecule has 2 rings (SSSR count). The second kappa shape index (κ2) is 6.34. The molecular weight excluding hydrogens is 310 g/mol. The maximum Gasteiger partial charge on any atom is 0.319 e. The van der Waals surface area contributed by atoms with Crippen LogP contribution in [-0.2, 0) is 0 Å². The summed E-state index contributed by atoms with van der Waals surface area (Å²) >= 11 is 3.23. The van der Waals surface area contributed by atoms with E-state index in [0.29, 0.717) is 12.2 Å². The van der Waals surface area contributed by atoms with Crippen LogP contribution in [0, 0.1) is 0 Å². The molecule has 0 radical (unpaired) electrons. The van der Waals surface area contributed by atoms with Gasteiger partial charge >= 0.3 is 6.03 Å². The van der Waals surface area contributed by atoms with E-state index in [1.165, 1.54) is 6.42 Å². The number of hydrogen-bond acceptors (Lipinski definition) is 3. The minimum Gasteiger partial charge on any atom is -0.388 e. The number of pyridine rings is 1. The van der Waals surface area contributed by atoms with E-state index < -0.39 is 5.60 Å². The molecule has 104 valence electrons. The van der Waals surface area contributed by atoms with E-state index in [0.717, 1.165) is 30.3 Å². The predicted octanol–water partition coefficient (Wildman–Crippen LogP) is 2.66. The average Bonchev–Trinajstić information content (AvgIpc) is 2.40. The summed E-state index contributed by atoms with van der Waals surface area (Å²) in [4.78, 5) is 15.7. The minimum atomic E-state index is -0.743. The van der Waals surface area contributed by atoms with E-state index in [-0.39, 0.29) is 6.03 Å². The number of carbonyl (C=O) groups is 1. The summed E-state index contributed by atoms with van der Waals surface area (Å²) in [5, 5.41) is 15.7. The molecule has 3 N–H and O–H groups in total. The summed E-state index contributed by atoms with van der Waals surface area (Å²) in [5.74, 6) is 0. The molecule has 1 aliphatic rings. The quantitative estimate of drug-likeness (QED) is 0.747. The predicted molar refractivity (Wildman–Crippen MR) is 77.0 cm³/mol. The second-order valence-corrected chi connectivity index (χ2v) is 5.77. The number of hydrogen-bond donors (Lipinski definition) is 3. The van der Waals surface area contributed by atoms with Crippen LogP contribution in [0.4, 0.5) is 10.5 Å². The lowest BCUT2D eigenvalue weighted by atomic mass is 9.85. The number of halogens is 1. The van der Waals surface area contributed by atoms with Crippen molar-refractivity contribution in [3.63, 3.8) is 0 Å². The lowest BCUT2D eigenvalue weighted by molar-refractivity contribution is 0.00755. The van der Waals surface area contributed by atoms with Crippen LogP contribution in [-0.4, -0.2) is 28.3 Å². The van der Waals surface area contributed by atoms with E-state index in [1.54, 1.807) is 18.3 Å². The first-order valence-corrected chi connectivity index (χ1v) is 7.26.